The minimum Gasteiger partial charge on any atom is -0.309 e. The van der Waals surface area contributed by atoms with Gasteiger partial charge < -0.3 is 4.98 Å². The van der Waals surface area contributed by atoms with Gasteiger partial charge >= 0.3 is 0 Å². The Hall–Kier alpha value is -3.24. The van der Waals surface area contributed by atoms with Gasteiger partial charge in [0.1, 0.15) is 5.82 Å². The highest BCUT2D eigenvalue weighted by Gasteiger charge is 2.31. The fourth-order valence-corrected chi connectivity index (χ4v) is 4.14. The molecule has 1 aromatic heterocycles. The first-order valence-electron chi connectivity index (χ1n) is 9.09. The molecular weight excluding hydrogens is 334 g/mol. The number of nitrogens with zero attached hydrogens (tertiary/aromatic N) is 2. The molecule has 0 atom stereocenters. The van der Waals surface area contributed by atoms with Gasteiger partial charge in [0, 0.05) is 0 Å². The first-order chi connectivity index (χ1) is 13.2. The van der Waals surface area contributed by atoms with Crippen LogP contribution in [0, 0.1) is 0 Å². The van der Waals surface area contributed by atoms with Crippen LogP contribution < -0.4 is 5.56 Å². The van der Waals surface area contributed by atoms with Crippen LogP contribution in [0.25, 0.3) is 22.0 Å². The number of hydrogen-bond donors (Lipinski definition) is 1. The third-order valence-corrected chi connectivity index (χ3v) is 5.30. The lowest BCUT2D eigenvalue weighted by Crippen LogP contribution is -2.26. The number of nitrogens with one attached hydrogen (secondary N) is 1. The Morgan fingerprint density at radius 2 is 1.48 bits per heavy atom. The number of benzene rings is 3. The van der Waals surface area contributed by atoms with Crippen molar-refractivity contribution in [3.05, 3.63) is 100 Å². The number of para-hydroxylation sites is 1. The Labute approximate surface area is 157 Å². The highest BCUT2D eigenvalue weighted by molar-refractivity contribution is 5.79. The summed E-state index contributed by atoms with van der Waals surface area (Å²) >= 11 is 0. The number of rotatable bonds is 3. The molecule has 0 fully saturated rings. The van der Waals surface area contributed by atoms with Crippen molar-refractivity contribution >= 4 is 10.9 Å². The molecule has 0 amide bonds. The van der Waals surface area contributed by atoms with Crippen molar-refractivity contribution in [2.45, 2.75) is 12.6 Å². The zero-order valence-electron chi connectivity index (χ0n) is 15.0. The summed E-state index contributed by atoms with van der Waals surface area (Å²) in [6, 6.07) is 24.7. The van der Waals surface area contributed by atoms with Crippen LogP contribution in [0.2, 0.25) is 0 Å². The van der Waals surface area contributed by atoms with Gasteiger partial charge in [-0.3, -0.25) is 9.69 Å². The molecular formula is C23H19N3O. The van der Waals surface area contributed by atoms with E-state index in [1.165, 1.54) is 22.3 Å². The normalized spacial score (nSPS) is 13.1. The molecule has 4 heteroatoms. The van der Waals surface area contributed by atoms with Crippen molar-refractivity contribution in [2.24, 2.45) is 0 Å². The molecule has 4 aromatic rings. The largest absolute Gasteiger partial charge is 0.309 e. The molecule has 5 rings (SSSR count). The summed E-state index contributed by atoms with van der Waals surface area (Å²) in [5.74, 6) is 0.683. The summed E-state index contributed by atoms with van der Waals surface area (Å²) in [7, 11) is 2.08. The van der Waals surface area contributed by atoms with Crippen molar-refractivity contribution in [1.82, 2.24) is 14.9 Å². The van der Waals surface area contributed by atoms with E-state index in [1.54, 1.807) is 6.07 Å². The topological polar surface area (TPSA) is 49.0 Å². The van der Waals surface area contributed by atoms with Gasteiger partial charge in [-0.25, -0.2) is 4.98 Å². The minimum atomic E-state index is -0.0868. The lowest BCUT2D eigenvalue weighted by Gasteiger charge is -2.26. The Bertz CT molecular complexity index is 1170. The molecule has 1 aliphatic carbocycles. The van der Waals surface area contributed by atoms with Gasteiger partial charge in [-0.15, -0.1) is 0 Å². The highest BCUT2D eigenvalue weighted by atomic mass is 16.1. The predicted octanol–water partition coefficient (Wildman–Crippen LogP) is 4.12. The number of aromatic nitrogens is 2. The Morgan fingerprint density at radius 3 is 2.19 bits per heavy atom. The summed E-state index contributed by atoms with van der Waals surface area (Å²) in [6.07, 6.45) is 0. The molecule has 0 radical (unpaired) electrons. The van der Waals surface area contributed by atoms with Crippen molar-refractivity contribution < 1.29 is 0 Å². The number of H-pyrrole nitrogens is 1. The van der Waals surface area contributed by atoms with Crippen molar-refractivity contribution in [3.8, 4) is 11.1 Å². The van der Waals surface area contributed by atoms with Gasteiger partial charge in [0.05, 0.1) is 23.5 Å². The number of aromatic amines is 1. The second-order valence-electron chi connectivity index (χ2n) is 7.02. The molecule has 4 nitrogen and oxygen atoms in total. The third kappa shape index (κ3) is 2.57. The third-order valence-electron chi connectivity index (χ3n) is 5.30. The molecule has 0 spiro atoms. The quantitative estimate of drug-likeness (QED) is 0.603. The van der Waals surface area contributed by atoms with Crippen LogP contribution in [-0.4, -0.2) is 21.9 Å². The van der Waals surface area contributed by atoms with Gasteiger partial charge in [-0.1, -0.05) is 60.7 Å². The smallest absolute Gasteiger partial charge is 0.258 e. The van der Waals surface area contributed by atoms with Crippen LogP contribution >= 0.6 is 0 Å². The van der Waals surface area contributed by atoms with E-state index in [9.17, 15) is 4.79 Å². The fraction of sp³-hybridized carbons (Fsp3) is 0.130. The minimum absolute atomic E-state index is 0.0868. The second kappa shape index (κ2) is 6.18. The zero-order chi connectivity index (χ0) is 18.4. The van der Waals surface area contributed by atoms with Crippen molar-refractivity contribution in [1.29, 1.82) is 0 Å². The van der Waals surface area contributed by atoms with Gasteiger partial charge in [0.15, 0.2) is 0 Å². The molecule has 0 bridgehead atoms. The molecule has 1 heterocycles. The van der Waals surface area contributed by atoms with E-state index >= 15 is 0 Å². The van der Waals surface area contributed by atoms with E-state index in [0.717, 1.165) is 5.52 Å². The van der Waals surface area contributed by atoms with Crippen LogP contribution in [0.5, 0.6) is 0 Å². The average Bonchev–Trinajstić information content (AvgIpc) is 3.03. The standard InChI is InChI=1S/C23H19N3O/c1-26(14-21-24-20-13-7-6-12-19(20)23(27)25-21)22-17-10-4-2-8-15(17)16-9-3-5-11-18(16)22/h2-13,22H,14H2,1H3,(H,24,25,27). The van der Waals surface area contributed by atoms with Crippen LogP contribution in [-0.2, 0) is 6.54 Å². The molecule has 1 N–H and O–H groups in total. The Kier molecular flexibility index (Phi) is 3.66. The van der Waals surface area contributed by atoms with Crippen LogP contribution in [0.1, 0.15) is 23.0 Å². The van der Waals surface area contributed by atoms with E-state index in [1.807, 2.05) is 18.2 Å². The zero-order valence-corrected chi connectivity index (χ0v) is 15.0. The summed E-state index contributed by atoms with van der Waals surface area (Å²) in [4.78, 5) is 22.2. The van der Waals surface area contributed by atoms with Gasteiger partial charge in [-0.2, -0.15) is 0 Å². The van der Waals surface area contributed by atoms with Crippen LogP contribution in [0.3, 0.4) is 0 Å². The molecule has 27 heavy (non-hydrogen) atoms. The first-order valence-corrected chi connectivity index (χ1v) is 9.09. The first kappa shape index (κ1) is 16.0. The van der Waals surface area contributed by atoms with E-state index in [-0.39, 0.29) is 11.6 Å². The lowest BCUT2D eigenvalue weighted by molar-refractivity contribution is 0.268. The second-order valence-corrected chi connectivity index (χ2v) is 7.02. The van der Waals surface area contributed by atoms with E-state index in [4.69, 9.17) is 0 Å². The Balaban J connectivity index is 1.55. The van der Waals surface area contributed by atoms with Crippen LogP contribution in [0.15, 0.2) is 77.6 Å². The summed E-state index contributed by atoms with van der Waals surface area (Å²) in [5.41, 5.74) is 5.80. The van der Waals surface area contributed by atoms with Crippen LogP contribution in [0.4, 0.5) is 0 Å². The molecule has 0 unspecified atom stereocenters. The predicted molar refractivity (Wildman–Crippen MR) is 108 cm³/mol. The fourth-order valence-electron chi connectivity index (χ4n) is 4.14. The van der Waals surface area contributed by atoms with E-state index in [2.05, 4.69) is 70.4 Å². The number of hydrogen-bond acceptors (Lipinski definition) is 3. The molecule has 1 aliphatic rings. The summed E-state index contributed by atoms with van der Waals surface area (Å²) in [6.45, 7) is 0.563. The molecule has 0 saturated heterocycles. The monoisotopic (exact) mass is 353 g/mol. The maximum atomic E-state index is 12.4. The molecule has 0 aliphatic heterocycles. The van der Waals surface area contributed by atoms with E-state index in [0.29, 0.717) is 17.8 Å². The van der Waals surface area contributed by atoms with Gasteiger partial charge in [-0.05, 0) is 41.4 Å². The maximum Gasteiger partial charge on any atom is 0.258 e. The van der Waals surface area contributed by atoms with E-state index < -0.39 is 0 Å². The van der Waals surface area contributed by atoms with Crippen molar-refractivity contribution in [2.75, 3.05) is 7.05 Å². The Morgan fingerprint density at radius 1 is 0.889 bits per heavy atom. The molecule has 3 aromatic carbocycles. The highest BCUT2D eigenvalue weighted by Crippen LogP contribution is 2.45. The number of fused-ring (bicyclic) bond motifs is 4. The van der Waals surface area contributed by atoms with Crippen molar-refractivity contribution in [3.63, 3.8) is 0 Å². The van der Waals surface area contributed by atoms with Gasteiger partial charge in [0.2, 0.25) is 0 Å². The summed E-state index contributed by atoms with van der Waals surface area (Å²) < 4.78 is 0. The maximum absolute atomic E-state index is 12.4. The molecule has 0 saturated carbocycles. The SMILES string of the molecule is CN(Cc1nc2ccccc2c(=O)[nH]1)C1c2ccccc2-c2ccccc21. The summed E-state index contributed by atoms with van der Waals surface area (Å²) in [5, 5.41) is 0.625. The average molecular weight is 353 g/mol. The lowest BCUT2D eigenvalue weighted by atomic mass is 10.0. The molecule has 132 valence electrons. The van der Waals surface area contributed by atoms with Gasteiger partial charge in [0.25, 0.3) is 5.56 Å².